The highest BCUT2D eigenvalue weighted by atomic mass is 32.2. The number of benzene rings is 1. The van der Waals surface area contributed by atoms with Gasteiger partial charge in [-0.3, -0.25) is 4.79 Å². The second-order valence-corrected chi connectivity index (χ2v) is 5.02. The molecule has 0 saturated carbocycles. The number of nitrogens with two attached hydrogens (primary N) is 1. The lowest BCUT2D eigenvalue weighted by Gasteiger charge is -2.16. The maximum Gasteiger partial charge on any atom is 0.251 e. The fourth-order valence-electron chi connectivity index (χ4n) is 1.61. The van der Waals surface area contributed by atoms with Gasteiger partial charge in [0.2, 0.25) is 0 Å². The Labute approximate surface area is 107 Å². The molecule has 0 aliphatic rings. The molecule has 1 atom stereocenters. The number of nitrogen functional groups attached to an aromatic ring is 1. The summed E-state index contributed by atoms with van der Waals surface area (Å²) < 4.78 is 0. The zero-order chi connectivity index (χ0) is 12.8. The number of rotatable bonds is 5. The predicted molar refractivity (Wildman–Crippen MR) is 75.5 cm³/mol. The van der Waals surface area contributed by atoms with Crippen LogP contribution in [0, 0.1) is 6.92 Å². The summed E-state index contributed by atoms with van der Waals surface area (Å²) in [5.41, 5.74) is 7.95. The Bertz CT molecular complexity index is 393. The molecule has 1 rings (SSSR count). The first-order chi connectivity index (χ1) is 8.08. The second-order valence-electron chi connectivity index (χ2n) is 4.11. The Kier molecular flexibility index (Phi) is 5.35. The minimum Gasteiger partial charge on any atom is -0.399 e. The molecule has 4 heteroatoms. The average molecular weight is 252 g/mol. The molecule has 0 radical (unpaired) electrons. The Morgan fingerprint density at radius 2 is 2.24 bits per heavy atom. The van der Waals surface area contributed by atoms with E-state index in [0.29, 0.717) is 11.3 Å². The maximum atomic E-state index is 12.1. The monoisotopic (exact) mass is 252 g/mol. The molecule has 17 heavy (non-hydrogen) atoms. The molecule has 0 fully saturated rings. The number of thioether (sulfide) groups is 1. The number of hydrogen-bond acceptors (Lipinski definition) is 3. The fourth-order valence-corrected chi connectivity index (χ4v) is 2.33. The van der Waals surface area contributed by atoms with Crippen LogP contribution < -0.4 is 11.1 Å². The van der Waals surface area contributed by atoms with Crippen LogP contribution in [0.15, 0.2) is 18.2 Å². The third-order valence-electron chi connectivity index (χ3n) is 2.70. The summed E-state index contributed by atoms with van der Waals surface area (Å²) in [5, 5.41) is 3.04. The molecule has 94 valence electrons. The summed E-state index contributed by atoms with van der Waals surface area (Å²) in [5.74, 6) is 0.902. The Morgan fingerprint density at radius 1 is 1.53 bits per heavy atom. The highest BCUT2D eigenvalue weighted by molar-refractivity contribution is 7.98. The van der Waals surface area contributed by atoms with E-state index in [4.69, 9.17) is 5.73 Å². The van der Waals surface area contributed by atoms with Crippen molar-refractivity contribution >= 4 is 23.4 Å². The van der Waals surface area contributed by atoms with Crippen molar-refractivity contribution in [2.24, 2.45) is 0 Å². The maximum absolute atomic E-state index is 12.1. The first kappa shape index (κ1) is 13.9. The van der Waals surface area contributed by atoms with Gasteiger partial charge in [-0.2, -0.15) is 11.8 Å². The summed E-state index contributed by atoms with van der Waals surface area (Å²) in [6.07, 6.45) is 2.98. The van der Waals surface area contributed by atoms with Crippen molar-refractivity contribution in [1.82, 2.24) is 5.32 Å². The van der Waals surface area contributed by atoms with Crippen molar-refractivity contribution < 1.29 is 4.79 Å². The number of aryl methyl sites for hydroxylation is 1. The third-order valence-corrected chi connectivity index (χ3v) is 3.44. The average Bonchev–Trinajstić information content (AvgIpc) is 2.31. The Morgan fingerprint density at radius 3 is 2.82 bits per heavy atom. The number of amides is 1. The van der Waals surface area contributed by atoms with Gasteiger partial charge < -0.3 is 11.1 Å². The van der Waals surface area contributed by atoms with Gasteiger partial charge in [0, 0.05) is 23.0 Å². The van der Waals surface area contributed by atoms with Crippen molar-refractivity contribution in [2.75, 3.05) is 17.7 Å². The minimum absolute atomic E-state index is 0.0318. The molecule has 0 saturated heterocycles. The van der Waals surface area contributed by atoms with Crippen molar-refractivity contribution in [3.63, 3.8) is 0 Å². The van der Waals surface area contributed by atoms with E-state index in [-0.39, 0.29) is 11.9 Å². The van der Waals surface area contributed by atoms with E-state index >= 15 is 0 Å². The van der Waals surface area contributed by atoms with Gasteiger partial charge in [0.1, 0.15) is 0 Å². The topological polar surface area (TPSA) is 55.1 Å². The number of carbonyl (C=O) groups excluding carboxylic acids is 1. The highest BCUT2D eigenvalue weighted by Crippen LogP contribution is 2.13. The standard InChI is InChI=1S/C13H20N2OS/c1-4-11(8-17-3)15-13(16)12-7-10(14)6-5-9(12)2/h5-7,11H,4,8,14H2,1-3H3,(H,15,16). The molecule has 1 amide bonds. The molecule has 0 aromatic heterocycles. The van der Waals surface area contributed by atoms with Crippen molar-refractivity contribution in [1.29, 1.82) is 0 Å². The molecular formula is C13H20N2OS. The summed E-state index contributed by atoms with van der Waals surface area (Å²) in [4.78, 5) is 12.1. The van der Waals surface area contributed by atoms with Gasteiger partial charge in [-0.25, -0.2) is 0 Å². The largest absolute Gasteiger partial charge is 0.399 e. The highest BCUT2D eigenvalue weighted by Gasteiger charge is 2.13. The van der Waals surface area contributed by atoms with E-state index < -0.39 is 0 Å². The summed E-state index contributed by atoms with van der Waals surface area (Å²) in [6, 6.07) is 5.64. The predicted octanol–water partition coefficient (Wildman–Crippen LogP) is 2.45. The van der Waals surface area contributed by atoms with Crippen molar-refractivity contribution in [3.8, 4) is 0 Å². The SMILES string of the molecule is CCC(CSC)NC(=O)c1cc(N)ccc1C. The molecule has 3 nitrogen and oxygen atoms in total. The minimum atomic E-state index is -0.0318. The van der Waals surface area contributed by atoms with Crippen LogP contribution in [0.4, 0.5) is 5.69 Å². The van der Waals surface area contributed by atoms with E-state index in [0.717, 1.165) is 17.7 Å². The summed E-state index contributed by atoms with van der Waals surface area (Å²) >= 11 is 1.74. The molecule has 1 aromatic rings. The fraction of sp³-hybridized carbons (Fsp3) is 0.462. The van der Waals surface area contributed by atoms with Crippen LogP contribution in [0.3, 0.4) is 0 Å². The molecule has 0 aliphatic carbocycles. The van der Waals surface area contributed by atoms with Crippen molar-refractivity contribution in [3.05, 3.63) is 29.3 Å². The molecule has 1 aromatic carbocycles. The molecule has 3 N–H and O–H groups in total. The van der Waals surface area contributed by atoms with Gasteiger partial charge in [-0.15, -0.1) is 0 Å². The van der Waals surface area contributed by atoms with Crippen LogP contribution in [0.5, 0.6) is 0 Å². The van der Waals surface area contributed by atoms with Crippen LogP contribution in [0.25, 0.3) is 0 Å². The van der Waals surface area contributed by atoms with E-state index in [1.54, 1.807) is 17.8 Å². The van der Waals surface area contributed by atoms with E-state index in [9.17, 15) is 4.79 Å². The number of nitrogens with one attached hydrogen (secondary N) is 1. The Hall–Kier alpha value is -1.16. The normalized spacial score (nSPS) is 12.2. The van der Waals surface area contributed by atoms with E-state index in [1.807, 2.05) is 25.3 Å². The van der Waals surface area contributed by atoms with Gasteiger partial charge in [-0.05, 0) is 37.3 Å². The Balaban J connectivity index is 2.78. The van der Waals surface area contributed by atoms with Gasteiger partial charge in [0.15, 0.2) is 0 Å². The lowest BCUT2D eigenvalue weighted by Crippen LogP contribution is -2.36. The molecular weight excluding hydrogens is 232 g/mol. The lowest BCUT2D eigenvalue weighted by atomic mass is 10.1. The molecule has 0 bridgehead atoms. The first-order valence-corrected chi connectivity index (χ1v) is 7.13. The summed E-state index contributed by atoms with van der Waals surface area (Å²) in [7, 11) is 0. The van der Waals surface area contributed by atoms with Crippen molar-refractivity contribution in [2.45, 2.75) is 26.3 Å². The number of hydrogen-bond donors (Lipinski definition) is 2. The van der Waals surface area contributed by atoms with Gasteiger partial charge >= 0.3 is 0 Å². The van der Waals surface area contributed by atoms with Crippen LogP contribution in [-0.4, -0.2) is 24.0 Å². The number of anilines is 1. The van der Waals surface area contributed by atoms with Crippen LogP contribution in [-0.2, 0) is 0 Å². The van der Waals surface area contributed by atoms with Crippen LogP contribution in [0.2, 0.25) is 0 Å². The number of carbonyl (C=O) groups is 1. The smallest absolute Gasteiger partial charge is 0.251 e. The first-order valence-electron chi connectivity index (χ1n) is 5.74. The zero-order valence-electron chi connectivity index (χ0n) is 10.6. The molecule has 1 unspecified atom stereocenters. The second kappa shape index (κ2) is 6.55. The lowest BCUT2D eigenvalue weighted by molar-refractivity contribution is 0.0939. The van der Waals surface area contributed by atoms with Gasteiger partial charge in [0.25, 0.3) is 5.91 Å². The summed E-state index contributed by atoms with van der Waals surface area (Å²) in [6.45, 7) is 4.00. The molecule has 0 spiro atoms. The van der Waals surface area contributed by atoms with Gasteiger partial charge in [-0.1, -0.05) is 13.0 Å². The third kappa shape index (κ3) is 3.97. The van der Waals surface area contributed by atoms with Crippen LogP contribution >= 0.6 is 11.8 Å². The zero-order valence-corrected chi connectivity index (χ0v) is 11.4. The van der Waals surface area contributed by atoms with E-state index in [2.05, 4.69) is 12.2 Å². The van der Waals surface area contributed by atoms with Gasteiger partial charge in [0.05, 0.1) is 0 Å². The molecule has 0 aliphatic heterocycles. The molecule has 0 heterocycles. The quantitative estimate of drug-likeness (QED) is 0.791. The van der Waals surface area contributed by atoms with Crippen LogP contribution in [0.1, 0.15) is 29.3 Å². The van der Waals surface area contributed by atoms with E-state index in [1.165, 1.54) is 0 Å².